The number of aliphatic hydroxyl groups is 1. The molecule has 3 N–H and O–H groups in total. The van der Waals surface area contributed by atoms with Crippen molar-refractivity contribution in [2.24, 2.45) is 10.8 Å². The van der Waals surface area contributed by atoms with Crippen LogP contribution in [0.15, 0.2) is 0 Å². The first kappa shape index (κ1) is 17.2. The molecule has 0 saturated heterocycles. The van der Waals surface area contributed by atoms with Crippen LogP contribution in [0.2, 0.25) is 0 Å². The van der Waals surface area contributed by atoms with Crippen molar-refractivity contribution in [3.05, 3.63) is 0 Å². The Labute approximate surface area is 122 Å². The standard InChI is InChI=1S/C15H30N2O3/c1-13(2,7-8-18)10-16-12(19)17-11-9-15(5,20-6)14(11,3)4/h11,18H,7-10H2,1-6H3,(H2,16,17,19). The maximum Gasteiger partial charge on any atom is 0.315 e. The predicted molar refractivity (Wildman–Crippen MR) is 79.6 cm³/mol. The smallest absolute Gasteiger partial charge is 0.315 e. The highest BCUT2D eigenvalue weighted by Gasteiger charge is 2.58. The minimum atomic E-state index is -0.179. The number of aliphatic hydroxyl groups excluding tert-OH is 1. The van der Waals surface area contributed by atoms with Gasteiger partial charge in [0.2, 0.25) is 0 Å². The molecular weight excluding hydrogens is 256 g/mol. The summed E-state index contributed by atoms with van der Waals surface area (Å²) >= 11 is 0. The highest BCUT2D eigenvalue weighted by atomic mass is 16.5. The van der Waals surface area contributed by atoms with Crippen molar-refractivity contribution < 1.29 is 14.6 Å². The van der Waals surface area contributed by atoms with Crippen LogP contribution in [0.25, 0.3) is 0 Å². The van der Waals surface area contributed by atoms with E-state index in [0.29, 0.717) is 13.0 Å². The third kappa shape index (κ3) is 3.44. The second kappa shape index (κ2) is 5.90. The fourth-order valence-corrected chi connectivity index (χ4v) is 2.64. The van der Waals surface area contributed by atoms with Crippen molar-refractivity contribution in [2.45, 2.75) is 59.1 Å². The van der Waals surface area contributed by atoms with E-state index in [4.69, 9.17) is 9.84 Å². The van der Waals surface area contributed by atoms with E-state index in [1.165, 1.54) is 0 Å². The number of hydrogen-bond donors (Lipinski definition) is 3. The largest absolute Gasteiger partial charge is 0.396 e. The quantitative estimate of drug-likeness (QED) is 0.698. The van der Waals surface area contributed by atoms with Gasteiger partial charge in [0.1, 0.15) is 0 Å². The maximum atomic E-state index is 12.0. The lowest BCUT2D eigenvalue weighted by atomic mass is 9.56. The number of methoxy groups -OCH3 is 1. The van der Waals surface area contributed by atoms with Gasteiger partial charge in [0.05, 0.1) is 5.60 Å². The summed E-state index contributed by atoms with van der Waals surface area (Å²) in [5.74, 6) is 0. The maximum absolute atomic E-state index is 12.0. The molecule has 1 saturated carbocycles. The molecule has 1 rings (SSSR count). The van der Waals surface area contributed by atoms with Gasteiger partial charge in [0.15, 0.2) is 0 Å². The molecule has 5 nitrogen and oxygen atoms in total. The molecule has 0 radical (unpaired) electrons. The normalized spacial score (nSPS) is 28.6. The summed E-state index contributed by atoms with van der Waals surface area (Å²) in [6.07, 6.45) is 1.49. The summed E-state index contributed by atoms with van der Waals surface area (Å²) < 4.78 is 5.55. The molecule has 0 aromatic carbocycles. The van der Waals surface area contributed by atoms with Crippen molar-refractivity contribution in [2.75, 3.05) is 20.3 Å². The summed E-state index contributed by atoms with van der Waals surface area (Å²) in [4.78, 5) is 12.0. The second-order valence-corrected chi connectivity index (χ2v) is 7.38. The number of amides is 2. The van der Waals surface area contributed by atoms with E-state index in [1.807, 2.05) is 13.8 Å². The van der Waals surface area contributed by atoms with Gasteiger partial charge >= 0.3 is 6.03 Å². The molecule has 2 unspecified atom stereocenters. The molecule has 0 bridgehead atoms. The molecule has 2 atom stereocenters. The molecule has 0 aliphatic heterocycles. The first-order valence-electron chi connectivity index (χ1n) is 7.28. The van der Waals surface area contributed by atoms with Crippen LogP contribution in [-0.2, 0) is 4.74 Å². The number of ether oxygens (including phenoxy) is 1. The summed E-state index contributed by atoms with van der Waals surface area (Å²) in [7, 11) is 1.72. The van der Waals surface area contributed by atoms with E-state index >= 15 is 0 Å². The summed E-state index contributed by atoms with van der Waals surface area (Å²) in [6, 6.07) is -0.0272. The number of urea groups is 1. The third-order valence-electron chi connectivity index (χ3n) is 5.10. The minimum Gasteiger partial charge on any atom is -0.396 e. The van der Waals surface area contributed by atoms with Crippen LogP contribution in [0.1, 0.15) is 47.5 Å². The number of carbonyl (C=O) groups is 1. The lowest BCUT2D eigenvalue weighted by molar-refractivity contribution is -0.177. The van der Waals surface area contributed by atoms with E-state index in [0.717, 1.165) is 6.42 Å². The van der Waals surface area contributed by atoms with Crippen LogP contribution >= 0.6 is 0 Å². The third-order valence-corrected chi connectivity index (χ3v) is 5.10. The second-order valence-electron chi connectivity index (χ2n) is 7.38. The number of hydrogen-bond acceptors (Lipinski definition) is 3. The fourth-order valence-electron chi connectivity index (χ4n) is 2.64. The van der Waals surface area contributed by atoms with Crippen LogP contribution in [0, 0.1) is 10.8 Å². The summed E-state index contributed by atoms with van der Waals surface area (Å²) in [5.41, 5.74) is -0.358. The van der Waals surface area contributed by atoms with Gasteiger partial charge in [-0.15, -0.1) is 0 Å². The van der Waals surface area contributed by atoms with Gasteiger partial charge in [-0.2, -0.15) is 0 Å². The average molecular weight is 286 g/mol. The molecule has 0 aromatic heterocycles. The minimum absolute atomic E-state index is 0.0836. The van der Waals surface area contributed by atoms with Gasteiger partial charge in [0.25, 0.3) is 0 Å². The Morgan fingerprint density at radius 2 is 2.00 bits per heavy atom. The molecule has 0 spiro atoms. The number of rotatable bonds is 6. The molecule has 1 aliphatic rings. The Morgan fingerprint density at radius 1 is 1.40 bits per heavy atom. The van der Waals surface area contributed by atoms with E-state index in [-0.39, 0.29) is 35.1 Å². The Bertz CT molecular complexity index is 355. The van der Waals surface area contributed by atoms with Crippen molar-refractivity contribution >= 4 is 6.03 Å². The van der Waals surface area contributed by atoms with Crippen molar-refractivity contribution in [3.63, 3.8) is 0 Å². The van der Waals surface area contributed by atoms with Gasteiger partial charge in [-0.3, -0.25) is 0 Å². The van der Waals surface area contributed by atoms with E-state index in [2.05, 4.69) is 31.4 Å². The zero-order chi connectivity index (χ0) is 15.6. The first-order chi connectivity index (χ1) is 9.08. The highest BCUT2D eigenvalue weighted by Crippen LogP contribution is 2.51. The average Bonchev–Trinajstić information content (AvgIpc) is 2.35. The van der Waals surface area contributed by atoms with Crippen LogP contribution < -0.4 is 10.6 Å². The Kier molecular flexibility index (Phi) is 5.08. The molecule has 1 fully saturated rings. The Morgan fingerprint density at radius 3 is 2.45 bits per heavy atom. The molecule has 20 heavy (non-hydrogen) atoms. The fraction of sp³-hybridized carbons (Fsp3) is 0.933. The molecule has 0 aromatic rings. The highest BCUT2D eigenvalue weighted by molar-refractivity contribution is 5.74. The van der Waals surface area contributed by atoms with Gasteiger partial charge in [0, 0.05) is 31.7 Å². The van der Waals surface area contributed by atoms with E-state index < -0.39 is 0 Å². The summed E-state index contributed by atoms with van der Waals surface area (Å²) in [6.45, 7) is 11.0. The van der Waals surface area contributed by atoms with Crippen LogP contribution in [-0.4, -0.2) is 43.0 Å². The monoisotopic (exact) mass is 286 g/mol. The van der Waals surface area contributed by atoms with Crippen molar-refractivity contribution in [1.29, 1.82) is 0 Å². The predicted octanol–water partition coefficient (Wildman–Crippen LogP) is 1.90. The van der Waals surface area contributed by atoms with E-state index in [1.54, 1.807) is 7.11 Å². The topological polar surface area (TPSA) is 70.6 Å². The van der Waals surface area contributed by atoms with Crippen LogP contribution in [0.5, 0.6) is 0 Å². The van der Waals surface area contributed by atoms with E-state index in [9.17, 15) is 4.79 Å². The molecule has 1 aliphatic carbocycles. The van der Waals surface area contributed by atoms with Crippen LogP contribution in [0.3, 0.4) is 0 Å². The first-order valence-corrected chi connectivity index (χ1v) is 7.28. The molecule has 2 amide bonds. The van der Waals surface area contributed by atoms with Gasteiger partial charge in [-0.05, 0) is 25.2 Å². The Hall–Kier alpha value is -0.810. The number of carbonyl (C=O) groups excluding carboxylic acids is 1. The van der Waals surface area contributed by atoms with Crippen molar-refractivity contribution in [1.82, 2.24) is 10.6 Å². The van der Waals surface area contributed by atoms with Crippen molar-refractivity contribution in [3.8, 4) is 0 Å². The summed E-state index contributed by atoms with van der Waals surface area (Å²) in [5, 5.41) is 14.9. The Balaban J connectivity index is 2.42. The van der Waals surface area contributed by atoms with Gasteiger partial charge in [-0.1, -0.05) is 27.7 Å². The lowest BCUT2D eigenvalue weighted by Crippen LogP contribution is -2.69. The van der Waals surface area contributed by atoms with Gasteiger partial charge < -0.3 is 20.5 Å². The van der Waals surface area contributed by atoms with Gasteiger partial charge in [-0.25, -0.2) is 4.79 Å². The van der Waals surface area contributed by atoms with Crippen LogP contribution in [0.4, 0.5) is 4.79 Å². The molecular formula is C15H30N2O3. The molecule has 0 heterocycles. The molecule has 5 heteroatoms. The number of nitrogens with one attached hydrogen (secondary N) is 2. The lowest BCUT2D eigenvalue weighted by Gasteiger charge is -2.59. The SMILES string of the molecule is COC1(C)CC(NC(=O)NCC(C)(C)CCO)C1(C)C. The molecule has 118 valence electrons. The zero-order valence-electron chi connectivity index (χ0n) is 13.7. The zero-order valence-corrected chi connectivity index (χ0v) is 13.7.